The summed E-state index contributed by atoms with van der Waals surface area (Å²) < 4.78 is 6.27. The summed E-state index contributed by atoms with van der Waals surface area (Å²) in [5.74, 6) is 2.35. The molecular formula is C16H33NO. The summed E-state index contributed by atoms with van der Waals surface area (Å²) >= 11 is 0. The van der Waals surface area contributed by atoms with E-state index in [1.807, 2.05) is 7.05 Å². The molecule has 0 saturated heterocycles. The molecule has 0 aromatic carbocycles. The van der Waals surface area contributed by atoms with Crippen molar-refractivity contribution >= 4 is 0 Å². The number of rotatable bonds is 7. The van der Waals surface area contributed by atoms with Crippen molar-refractivity contribution in [3.8, 4) is 0 Å². The molecule has 4 atom stereocenters. The number of likely N-dealkylation sites (N-methyl/N-ethyl adjacent to an activating group) is 1. The molecule has 18 heavy (non-hydrogen) atoms. The fourth-order valence-electron chi connectivity index (χ4n) is 3.21. The van der Waals surface area contributed by atoms with Crippen LogP contribution in [0.15, 0.2) is 0 Å². The first-order valence-electron chi connectivity index (χ1n) is 7.87. The quantitative estimate of drug-likeness (QED) is 0.746. The molecule has 2 nitrogen and oxygen atoms in total. The molecule has 108 valence electrons. The summed E-state index contributed by atoms with van der Waals surface area (Å²) in [6.07, 6.45) is 6.91. The van der Waals surface area contributed by atoms with E-state index >= 15 is 0 Å². The van der Waals surface area contributed by atoms with E-state index in [2.05, 4.69) is 33.0 Å². The molecule has 0 amide bonds. The van der Waals surface area contributed by atoms with Crippen LogP contribution in [0, 0.1) is 17.8 Å². The minimum atomic E-state index is 0.487. The van der Waals surface area contributed by atoms with Crippen LogP contribution in [0.5, 0.6) is 0 Å². The van der Waals surface area contributed by atoms with Gasteiger partial charge in [-0.25, -0.2) is 0 Å². The molecular weight excluding hydrogens is 222 g/mol. The van der Waals surface area contributed by atoms with E-state index in [4.69, 9.17) is 4.74 Å². The highest BCUT2D eigenvalue weighted by Crippen LogP contribution is 2.35. The lowest BCUT2D eigenvalue weighted by Crippen LogP contribution is -2.38. The lowest BCUT2D eigenvalue weighted by Gasteiger charge is -2.37. The smallest absolute Gasteiger partial charge is 0.0623 e. The molecule has 0 aromatic rings. The largest absolute Gasteiger partial charge is 0.376 e. The minimum Gasteiger partial charge on any atom is -0.376 e. The monoisotopic (exact) mass is 255 g/mol. The number of ether oxygens (including phenoxy) is 1. The summed E-state index contributed by atoms with van der Waals surface area (Å²) in [6, 6.07) is 0.528. The van der Waals surface area contributed by atoms with Crippen LogP contribution >= 0.6 is 0 Å². The van der Waals surface area contributed by atoms with Crippen LogP contribution in [0.3, 0.4) is 0 Å². The van der Waals surface area contributed by atoms with Crippen molar-refractivity contribution in [2.75, 3.05) is 13.7 Å². The molecule has 1 fully saturated rings. The van der Waals surface area contributed by atoms with Crippen molar-refractivity contribution in [1.82, 2.24) is 5.32 Å². The van der Waals surface area contributed by atoms with Gasteiger partial charge in [0.2, 0.25) is 0 Å². The van der Waals surface area contributed by atoms with Gasteiger partial charge in [-0.2, -0.15) is 0 Å². The van der Waals surface area contributed by atoms with Crippen molar-refractivity contribution < 1.29 is 4.74 Å². The van der Waals surface area contributed by atoms with Crippen LogP contribution in [0.4, 0.5) is 0 Å². The zero-order chi connectivity index (χ0) is 13.5. The Morgan fingerprint density at radius 2 is 2.00 bits per heavy atom. The van der Waals surface area contributed by atoms with E-state index in [1.54, 1.807) is 0 Å². The summed E-state index contributed by atoms with van der Waals surface area (Å²) in [5, 5.41) is 3.37. The van der Waals surface area contributed by atoms with E-state index in [-0.39, 0.29) is 0 Å². The highest BCUT2D eigenvalue weighted by Gasteiger charge is 2.31. The predicted molar refractivity (Wildman–Crippen MR) is 78.8 cm³/mol. The topological polar surface area (TPSA) is 21.3 Å². The lowest BCUT2D eigenvalue weighted by molar-refractivity contribution is -0.0459. The van der Waals surface area contributed by atoms with Crippen molar-refractivity contribution in [3.05, 3.63) is 0 Å². The van der Waals surface area contributed by atoms with Crippen LogP contribution < -0.4 is 5.32 Å². The van der Waals surface area contributed by atoms with Gasteiger partial charge in [0.25, 0.3) is 0 Å². The van der Waals surface area contributed by atoms with Crippen LogP contribution in [-0.4, -0.2) is 25.8 Å². The van der Waals surface area contributed by atoms with Gasteiger partial charge in [0.15, 0.2) is 0 Å². The van der Waals surface area contributed by atoms with Gasteiger partial charge in [0.1, 0.15) is 0 Å². The molecule has 1 aliphatic carbocycles. The van der Waals surface area contributed by atoms with Crippen molar-refractivity contribution in [2.45, 2.75) is 71.9 Å². The second-order valence-corrected chi connectivity index (χ2v) is 6.47. The summed E-state index contributed by atoms with van der Waals surface area (Å²) in [6.45, 7) is 10.2. The van der Waals surface area contributed by atoms with Crippen molar-refractivity contribution in [1.29, 1.82) is 0 Å². The van der Waals surface area contributed by atoms with Crippen LogP contribution in [0.25, 0.3) is 0 Å². The first kappa shape index (κ1) is 16.0. The molecule has 4 unspecified atom stereocenters. The molecule has 0 bridgehead atoms. The predicted octanol–water partition coefficient (Wildman–Crippen LogP) is 3.85. The Morgan fingerprint density at radius 3 is 2.56 bits per heavy atom. The Bertz CT molecular complexity index is 217. The lowest BCUT2D eigenvalue weighted by atomic mass is 9.75. The van der Waals surface area contributed by atoms with Gasteiger partial charge in [-0.15, -0.1) is 0 Å². The number of hydrogen-bond acceptors (Lipinski definition) is 2. The normalized spacial score (nSPS) is 30.7. The summed E-state index contributed by atoms with van der Waals surface area (Å²) in [5.41, 5.74) is 0. The Hall–Kier alpha value is -0.0800. The molecule has 0 aromatic heterocycles. The van der Waals surface area contributed by atoms with E-state index in [9.17, 15) is 0 Å². The highest BCUT2D eigenvalue weighted by atomic mass is 16.5. The molecule has 1 rings (SSSR count). The van der Waals surface area contributed by atoms with Crippen LogP contribution in [0.2, 0.25) is 0 Å². The third-order valence-electron chi connectivity index (χ3n) is 4.52. The third kappa shape index (κ3) is 4.89. The average molecular weight is 255 g/mol. The zero-order valence-corrected chi connectivity index (χ0v) is 13.0. The van der Waals surface area contributed by atoms with E-state index < -0.39 is 0 Å². The second-order valence-electron chi connectivity index (χ2n) is 6.47. The summed E-state index contributed by atoms with van der Waals surface area (Å²) in [7, 11) is 2.05. The minimum absolute atomic E-state index is 0.487. The SMILES string of the molecule is CCCC(COC1CC(C)CCC1C(C)C)NC. The fourth-order valence-corrected chi connectivity index (χ4v) is 3.21. The van der Waals surface area contributed by atoms with Gasteiger partial charge in [-0.1, -0.05) is 40.5 Å². The Kier molecular flexibility index (Phi) is 7.25. The number of nitrogens with one attached hydrogen (secondary N) is 1. The molecule has 0 spiro atoms. The molecule has 1 aliphatic rings. The first-order chi connectivity index (χ1) is 8.58. The molecule has 1 saturated carbocycles. The van der Waals surface area contributed by atoms with Crippen LogP contribution in [-0.2, 0) is 4.74 Å². The van der Waals surface area contributed by atoms with Crippen molar-refractivity contribution in [2.24, 2.45) is 17.8 Å². The Balaban J connectivity index is 2.45. The van der Waals surface area contributed by atoms with Gasteiger partial charge in [-0.3, -0.25) is 0 Å². The summed E-state index contributed by atoms with van der Waals surface area (Å²) in [4.78, 5) is 0. The van der Waals surface area contributed by atoms with E-state index in [0.717, 1.165) is 24.4 Å². The molecule has 0 aliphatic heterocycles. The van der Waals surface area contributed by atoms with Crippen molar-refractivity contribution in [3.63, 3.8) is 0 Å². The second kappa shape index (κ2) is 8.16. The maximum absolute atomic E-state index is 6.27. The molecule has 2 heteroatoms. The van der Waals surface area contributed by atoms with E-state index in [0.29, 0.717) is 12.1 Å². The molecule has 0 heterocycles. The maximum atomic E-state index is 6.27. The maximum Gasteiger partial charge on any atom is 0.0623 e. The fraction of sp³-hybridized carbons (Fsp3) is 1.00. The Morgan fingerprint density at radius 1 is 1.28 bits per heavy atom. The van der Waals surface area contributed by atoms with Gasteiger partial charge in [0.05, 0.1) is 12.7 Å². The molecule has 1 N–H and O–H groups in total. The van der Waals surface area contributed by atoms with Gasteiger partial charge in [-0.05, 0) is 44.1 Å². The zero-order valence-electron chi connectivity index (χ0n) is 13.0. The standard InChI is InChI=1S/C16H33NO/c1-6-7-14(17-5)11-18-16-10-13(4)8-9-15(16)12(2)3/h12-17H,6-11H2,1-5H3. The molecule has 0 radical (unpaired) electrons. The Labute approximate surface area is 114 Å². The average Bonchev–Trinajstić information content (AvgIpc) is 2.34. The van der Waals surface area contributed by atoms with E-state index in [1.165, 1.54) is 32.1 Å². The highest BCUT2D eigenvalue weighted by molar-refractivity contribution is 4.82. The van der Waals surface area contributed by atoms with Gasteiger partial charge >= 0.3 is 0 Å². The number of hydrogen-bond donors (Lipinski definition) is 1. The van der Waals surface area contributed by atoms with Gasteiger partial charge in [0, 0.05) is 6.04 Å². The van der Waals surface area contributed by atoms with Gasteiger partial charge < -0.3 is 10.1 Å². The first-order valence-corrected chi connectivity index (χ1v) is 7.87. The third-order valence-corrected chi connectivity index (χ3v) is 4.52. The van der Waals surface area contributed by atoms with Crippen LogP contribution in [0.1, 0.15) is 59.8 Å².